The van der Waals surface area contributed by atoms with Crippen LogP contribution in [0.2, 0.25) is 5.02 Å². The van der Waals surface area contributed by atoms with Gasteiger partial charge in [-0.25, -0.2) is 0 Å². The highest BCUT2D eigenvalue weighted by Crippen LogP contribution is 2.16. The maximum atomic E-state index is 11.8. The normalized spacial score (nSPS) is 9.84. The summed E-state index contributed by atoms with van der Waals surface area (Å²) in [5.41, 5.74) is 0.951. The van der Waals surface area contributed by atoms with Crippen LogP contribution < -0.4 is 5.32 Å². The van der Waals surface area contributed by atoms with Crippen molar-refractivity contribution in [2.45, 2.75) is 6.54 Å². The van der Waals surface area contributed by atoms with Gasteiger partial charge < -0.3 is 15.0 Å². The third-order valence-corrected chi connectivity index (χ3v) is 2.92. The molecule has 0 atom stereocenters. The monoisotopic (exact) mass is 306 g/mol. The fourth-order valence-electron chi connectivity index (χ4n) is 1.47. The van der Waals surface area contributed by atoms with Gasteiger partial charge in [-0.05, 0) is 11.6 Å². The minimum absolute atomic E-state index is 0. The zero-order chi connectivity index (χ0) is 13.4. The van der Waals surface area contributed by atoms with Crippen molar-refractivity contribution in [3.63, 3.8) is 0 Å². The summed E-state index contributed by atoms with van der Waals surface area (Å²) in [6.45, 7) is 2.10. The van der Waals surface area contributed by atoms with Gasteiger partial charge in [-0.3, -0.25) is 4.79 Å². The molecule has 1 aromatic carbocycles. The Hall–Kier alpha value is -0.810. The van der Waals surface area contributed by atoms with E-state index in [1.165, 1.54) is 0 Å². The maximum Gasteiger partial charge on any atom is 0.236 e. The van der Waals surface area contributed by atoms with E-state index in [9.17, 15) is 4.79 Å². The molecule has 108 valence electrons. The Labute approximate surface area is 125 Å². The molecule has 0 saturated carbocycles. The first-order valence-electron chi connectivity index (χ1n) is 5.82. The SMILES string of the molecule is COCCNCC(=O)N(C)Cc1ccccc1Cl.Cl. The van der Waals surface area contributed by atoms with Crippen LogP contribution in [-0.2, 0) is 16.1 Å². The molecule has 1 rings (SSSR count). The zero-order valence-electron chi connectivity index (χ0n) is 11.2. The van der Waals surface area contributed by atoms with Gasteiger partial charge in [0.2, 0.25) is 5.91 Å². The number of amides is 1. The van der Waals surface area contributed by atoms with Gasteiger partial charge in [0.25, 0.3) is 0 Å². The van der Waals surface area contributed by atoms with Crippen molar-refractivity contribution >= 4 is 29.9 Å². The van der Waals surface area contributed by atoms with Gasteiger partial charge in [0.05, 0.1) is 13.2 Å². The van der Waals surface area contributed by atoms with Gasteiger partial charge in [0.15, 0.2) is 0 Å². The Morgan fingerprint density at radius 3 is 2.74 bits per heavy atom. The molecule has 4 nitrogen and oxygen atoms in total. The second-order valence-electron chi connectivity index (χ2n) is 4.01. The van der Waals surface area contributed by atoms with E-state index in [1.54, 1.807) is 19.1 Å². The Bertz CT molecular complexity index is 389. The summed E-state index contributed by atoms with van der Waals surface area (Å²) in [5.74, 6) is 0.0334. The van der Waals surface area contributed by atoms with E-state index in [0.29, 0.717) is 31.3 Å². The van der Waals surface area contributed by atoms with Crippen LogP contribution >= 0.6 is 24.0 Å². The lowest BCUT2D eigenvalue weighted by Crippen LogP contribution is -2.36. The average molecular weight is 307 g/mol. The highest BCUT2D eigenvalue weighted by Gasteiger charge is 2.10. The zero-order valence-corrected chi connectivity index (χ0v) is 12.8. The van der Waals surface area contributed by atoms with E-state index < -0.39 is 0 Å². The van der Waals surface area contributed by atoms with Gasteiger partial charge in [-0.1, -0.05) is 29.8 Å². The lowest BCUT2D eigenvalue weighted by molar-refractivity contribution is -0.129. The van der Waals surface area contributed by atoms with Crippen molar-refractivity contribution in [2.75, 3.05) is 33.9 Å². The van der Waals surface area contributed by atoms with Crippen molar-refractivity contribution in [3.8, 4) is 0 Å². The van der Waals surface area contributed by atoms with Crippen LogP contribution in [0.1, 0.15) is 5.56 Å². The lowest BCUT2D eigenvalue weighted by atomic mass is 10.2. The van der Waals surface area contributed by atoms with Crippen LogP contribution in [0.15, 0.2) is 24.3 Å². The standard InChI is InChI=1S/C13H19ClN2O2.ClH/c1-16(13(17)9-15-7-8-18-2)10-11-5-3-4-6-12(11)14;/h3-6,15H,7-10H2,1-2H3;1H. The van der Waals surface area contributed by atoms with E-state index in [1.807, 2.05) is 24.3 Å². The Morgan fingerprint density at radius 2 is 2.11 bits per heavy atom. The molecule has 1 amide bonds. The highest BCUT2D eigenvalue weighted by atomic mass is 35.5. The molecule has 0 aliphatic carbocycles. The van der Waals surface area contributed by atoms with E-state index in [4.69, 9.17) is 16.3 Å². The molecule has 0 fully saturated rings. The Morgan fingerprint density at radius 1 is 1.42 bits per heavy atom. The molecule has 0 spiro atoms. The summed E-state index contributed by atoms with van der Waals surface area (Å²) in [5, 5.41) is 3.70. The summed E-state index contributed by atoms with van der Waals surface area (Å²) >= 11 is 6.05. The van der Waals surface area contributed by atoms with Crippen LogP contribution in [0, 0.1) is 0 Å². The Balaban J connectivity index is 0.00000324. The molecule has 0 heterocycles. The molecular weight excluding hydrogens is 287 g/mol. The molecule has 0 unspecified atom stereocenters. The predicted molar refractivity (Wildman–Crippen MR) is 79.9 cm³/mol. The molecule has 0 aliphatic heterocycles. The summed E-state index contributed by atoms with van der Waals surface area (Å²) in [6, 6.07) is 7.53. The summed E-state index contributed by atoms with van der Waals surface area (Å²) in [7, 11) is 3.40. The number of carbonyl (C=O) groups is 1. The van der Waals surface area contributed by atoms with Crippen LogP contribution in [0.25, 0.3) is 0 Å². The minimum atomic E-state index is 0. The number of rotatable bonds is 7. The average Bonchev–Trinajstić information content (AvgIpc) is 2.37. The van der Waals surface area contributed by atoms with Gasteiger partial charge in [0.1, 0.15) is 0 Å². The van der Waals surface area contributed by atoms with Crippen LogP contribution in [0.3, 0.4) is 0 Å². The first-order chi connectivity index (χ1) is 8.65. The van der Waals surface area contributed by atoms with Crippen molar-refractivity contribution < 1.29 is 9.53 Å². The largest absolute Gasteiger partial charge is 0.383 e. The molecule has 0 aliphatic rings. The fourth-order valence-corrected chi connectivity index (χ4v) is 1.67. The summed E-state index contributed by atoms with van der Waals surface area (Å²) < 4.78 is 4.89. The number of halogens is 2. The number of methoxy groups -OCH3 is 1. The van der Waals surface area contributed by atoms with Crippen molar-refractivity contribution in [2.24, 2.45) is 0 Å². The topological polar surface area (TPSA) is 41.6 Å². The van der Waals surface area contributed by atoms with E-state index in [-0.39, 0.29) is 18.3 Å². The molecule has 1 N–H and O–H groups in total. The van der Waals surface area contributed by atoms with Gasteiger partial charge in [0, 0.05) is 32.3 Å². The first kappa shape index (κ1) is 18.2. The highest BCUT2D eigenvalue weighted by molar-refractivity contribution is 6.31. The first-order valence-corrected chi connectivity index (χ1v) is 6.20. The molecule has 1 aromatic rings. The quantitative estimate of drug-likeness (QED) is 0.783. The van der Waals surface area contributed by atoms with Crippen molar-refractivity contribution in [1.82, 2.24) is 10.2 Å². The molecule has 6 heteroatoms. The molecular formula is C13H20Cl2N2O2. The number of hydrogen-bond donors (Lipinski definition) is 1. The van der Waals surface area contributed by atoms with Crippen LogP contribution in [-0.4, -0.2) is 44.7 Å². The predicted octanol–water partition coefficient (Wildman–Crippen LogP) is 1.96. The number of ether oxygens (including phenoxy) is 1. The summed E-state index contributed by atoms with van der Waals surface area (Å²) in [4.78, 5) is 13.5. The molecule has 0 aromatic heterocycles. The summed E-state index contributed by atoms with van der Waals surface area (Å²) in [6.07, 6.45) is 0. The number of nitrogens with zero attached hydrogens (tertiary/aromatic N) is 1. The molecule has 0 radical (unpaired) electrons. The van der Waals surface area contributed by atoms with Gasteiger partial charge in [-0.15, -0.1) is 12.4 Å². The third kappa shape index (κ3) is 6.78. The van der Waals surface area contributed by atoms with Crippen molar-refractivity contribution in [3.05, 3.63) is 34.9 Å². The third-order valence-electron chi connectivity index (χ3n) is 2.55. The van der Waals surface area contributed by atoms with Crippen LogP contribution in [0.5, 0.6) is 0 Å². The second-order valence-corrected chi connectivity index (χ2v) is 4.42. The number of likely N-dealkylation sites (N-methyl/N-ethyl adjacent to an activating group) is 1. The second kappa shape index (κ2) is 10.0. The van der Waals surface area contributed by atoms with Crippen molar-refractivity contribution in [1.29, 1.82) is 0 Å². The minimum Gasteiger partial charge on any atom is -0.383 e. The fraction of sp³-hybridized carbons (Fsp3) is 0.462. The maximum absolute atomic E-state index is 11.8. The van der Waals surface area contributed by atoms with Gasteiger partial charge >= 0.3 is 0 Å². The lowest BCUT2D eigenvalue weighted by Gasteiger charge is -2.18. The van der Waals surface area contributed by atoms with E-state index in [0.717, 1.165) is 5.56 Å². The van der Waals surface area contributed by atoms with E-state index in [2.05, 4.69) is 5.32 Å². The molecule has 0 bridgehead atoms. The number of benzene rings is 1. The van der Waals surface area contributed by atoms with Gasteiger partial charge in [-0.2, -0.15) is 0 Å². The molecule has 0 saturated heterocycles. The number of hydrogen-bond acceptors (Lipinski definition) is 3. The van der Waals surface area contributed by atoms with E-state index >= 15 is 0 Å². The number of nitrogens with one attached hydrogen (secondary N) is 1. The smallest absolute Gasteiger partial charge is 0.236 e. The number of carbonyl (C=O) groups excluding carboxylic acids is 1. The van der Waals surface area contributed by atoms with Crippen LogP contribution in [0.4, 0.5) is 0 Å². The molecule has 19 heavy (non-hydrogen) atoms. The Kier molecular flexibility index (Phi) is 9.61.